The molecule has 0 bridgehead atoms. The van der Waals surface area contributed by atoms with Gasteiger partial charge in [-0.2, -0.15) is 0 Å². The van der Waals surface area contributed by atoms with E-state index >= 15 is 0 Å². The molecule has 0 spiro atoms. The fraction of sp³-hybridized carbons (Fsp3) is 0.150. The van der Waals surface area contributed by atoms with Crippen LogP contribution in [0.3, 0.4) is 0 Å². The van der Waals surface area contributed by atoms with Gasteiger partial charge in [0, 0.05) is 18.3 Å². The van der Waals surface area contributed by atoms with Crippen LogP contribution in [-0.2, 0) is 6.54 Å². The Morgan fingerprint density at radius 2 is 1.60 bits per heavy atom. The normalized spacial score (nSPS) is 10.6. The molecule has 0 aliphatic rings. The van der Waals surface area contributed by atoms with E-state index in [1.807, 2.05) is 59.5 Å². The Labute approximate surface area is 145 Å². The van der Waals surface area contributed by atoms with Crippen molar-refractivity contribution >= 4 is 5.69 Å². The van der Waals surface area contributed by atoms with E-state index in [1.54, 1.807) is 0 Å². The van der Waals surface area contributed by atoms with E-state index < -0.39 is 11.2 Å². The molecule has 0 atom stereocenters. The first-order valence-corrected chi connectivity index (χ1v) is 8.00. The topological polar surface area (TPSA) is 73.9 Å². The summed E-state index contributed by atoms with van der Waals surface area (Å²) in [7, 11) is 0. The lowest BCUT2D eigenvalue weighted by Crippen LogP contribution is -2.26. The van der Waals surface area contributed by atoms with Crippen LogP contribution in [0.2, 0.25) is 0 Å². The summed E-state index contributed by atoms with van der Waals surface area (Å²) < 4.78 is 5.26. The number of aliphatic hydroxyl groups excluding tert-OH is 1. The number of rotatable bonds is 6. The summed E-state index contributed by atoms with van der Waals surface area (Å²) in [5, 5.41) is 19.2. The Morgan fingerprint density at radius 3 is 2.28 bits per heavy atom. The minimum atomic E-state index is -0.482. The maximum atomic E-state index is 11.5. The Morgan fingerprint density at radius 1 is 0.920 bits per heavy atom. The zero-order chi connectivity index (χ0) is 17.6. The van der Waals surface area contributed by atoms with E-state index in [-0.39, 0.29) is 18.9 Å². The highest BCUT2D eigenvalue weighted by Crippen LogP contribution is 2.25. The maximum absolute atomic E-state index is 11.5. The molecule has 128 valence electrons. The summed E-state index contributed by atoms with van der Waals surface area (Å²) in [6, 6.07) is 19.1. The SMILES string of the molecule is O=c1ccoc(CN(CCO)c2ccc(-c3ccccc3)cc2)c1O. The second-order valence-corrected chi connectivity index (χ2v) is 5.61. The Hall–Kier alpha value is -3.05. The van der Waals surface area contributed by atoms with E-state index in [2.05, 4.69) is 0 Å². The molecule has 0 aliphatic heterocycles. The minimum absolute atomic E-state index is 0.0573. The van der Waals surface area contributed by atoms with Crippen LogP contribution in [0.5, 0.6) is 5.75 Å². The smallest absolute Gasteiger partial charge is 0.226 e. The molecule has 0 saturated heterocycles. The predicted octanol–water partition coefficient (Wildman–Crippen LogP) is 3.01. The Balaban J connectivity index is 1.85. The van der Waals surface area contributed by atoms with Crippen molar-refractivity contribution in [2.45, 2.75) is 6.54 Å². The van der Waals surface area contributed by atoms with Gasteiger partial charge in [-0.3, -0.25) is 4.79 Å². The summed E-state index contributed by atoms with van der Waals surface area (Å²) >= 11 is 0. The third-order valence-electron chi connectivity index (χ3n) is 3.97. The number of benzene rings is 2. The van der Waals surface area contributed by atoms with Crippen molar-refractivity contribution in [3.05, 3.63) is 82.9 Å². The largest absolute Gasteiger partial charge is 0.502 e. The van der Waals surface area contributed by atoms with Crippen molar-refractivity contribution in [1.29, 1.82) is 0 Å². The zero-order valence-corrected chi connectivity index (χ0v) is 13.6. The third-order valence-corrected chi connectivity index (χ3v) is 3.97. The van der Waals surface area contributed by atoms with Crippen LogP contribution in [0.4, 0.5) is 5.69 Å². The van der Waals surface area contributed by atoms with E-state index in [0.717, 1.165) is 16.8 Å². The molecular weight excluding hydrogens is 318 g/mol. The van der Waals surface area contributed by atoms with Gasteiger partial charge in [0.05, 0.1) is 19.4 Å². The molecule has 25 heavy (non-hydrogen) atoms. The third kappa shape index (κ3) is 3.89. The first-order valence-electron chi connectivity index (χ1n) is 8.00. The first kappa shape index (κ1) is 16.8. The van der Waals surface area contributed by atoms with Gasteiger partial charge >= 0.3 is 0 Å². The lowest BCUT2D eigenvalue weighted by molar-refractivity contribution is 0.299. The molecule has 0 aliphatic carbocycles. The molecule has 0 radical (unpaired) electrons. The molecule has 0 saturated carbocycles. The zero-order valence-electron chi connectivity index (χ0n) is 13.6. The second-order valence-electron chi connectivity index (χ2n) is 5.61. The standard InChI is InChI=1S/C20H19NO4/c22-12-11-21(14-19-20(24)18(23)10-13-25-19)17-8-6-16(7-9-17)15-4-2-1-3-5-15/h1-10,13,22,24H,11-12,14H2. The monoisotopic (exact) mass is 337 g/mol. The summed E-state index contributed by atoms with van der Waals surface area (Å²) in [5.74, 6) is -0.223. The Bertz CT molecular complexity index is 872. The van der Waals surface area contributed by atoms with Crippen LogP contribution in [0.1, 0.15) is 5.76 Å². The molecule has 0 fully saturated rings. The number of hydrogen-bond donors (Lipinski definition) is 2. The van der Waals surface area contributed by atoms with Gasteiger partial charge in [-0.05, 0) is 23.3 Å². The Kier molecular flexibility index (Phi) is 5.16. The predicted molar refractivity (Wildman–Crippen MR) is 96.7 cm³/mol. The van der Waals surface area contributed by atoms with Gasteiger partial charge in [-0.15, -0.1) is 0 Å². The van der Waals surface area contributed by atoms with Crippen molar-refractivity contribution in [1.82, 2.24) is 0 Å². The minimum Gasteiger partial charge on any atom is -0.502 e. The second kappa shape index (κ2) is 7.68. The molecule has 2 aromatic carbocycles. The van der Waals surface area contributed by atoms with Crippen molar-refractivity contribution < 1.29 is 14.6 Å². The van der Waals surface area contributed by atoms with Gasteiger partial charge in [0.2, 0.25) is 11.2 Å². The van der Waals surface area contributed by atoms with Crippen LogP contribution in [0, 0.1) is 0 Å². The van der Waals surface area contributed by atoms with Crippen LogP contribution in [-0.4, -0.2) is 23.4 Å². The number of aromatic hydroxyl groups is 1. The van der Waals surface area contributed by atoms with Gasteiger partial charge in [0.25, 0.3) is 0 Å². The summed E-state index contributed by atoms with van der Waals surface area (Å²) in [4.78, 5) is 13.4. The van der Waals surface area contributed by atoms with Crippen molar-refractivity contribution in [2.24, 2.45) is 0 Å². The molecule has 1 heterocycles. The molecule has 3 rings (SSSR count). The molecule has 2 N–H and O–H groups in total. The van der Waals surface area contributed by atoms with E-state index in [4.69, 9.17) is 4.42 Å². The van der Waals surface area contributed by atoms with Gasteiger partial charge in [-0.25, -0.2) is 0 Å². The van der Waals surface area contributed by atoms with Gasteiger partial charge < -0.3 is 19.5 Å². The average molecular weight is 337 g/mol. The quantitative estimate of drug-likeness (QED) is 0.723. The molecule has 0 amide bonds. The molecule has 3 aromatic rings. The number of aliphatic hydroxyl groups is 1. The highest BCUT2D eigenvalue weighted by molar-refractivity contribution is 5.66. The van der Waals surface area contributed by atoms with Gasteiger partial charge in [-0.1, -0.05) is 42.5 Å². The fourth-order valence-corrected chi connectivity index (χ4v) is 2.65. The van der Waals surface area contributed by atoms with E-state index in [9.17, 15) is 15.0 Å². The lowest BCUT2D eigenvalue weighted by Gasteiger charge is -2.23. The molecule has 5 heteroatoms. The highest BCUT2D eigenvalue weighted by Gasteiger charge is 2.14. The molecule has 1 aromatic heterocycles. The average Bonchev–Trinajstić information content (AvgIpc) is 2.66. The number of anilines is 1. The van der Waals surface area contributed by atoms with E-state index in [1.165, 1.54) is 12.3 Å². The van der Waals surface area contributed by atoms with E-state index in [0.29, 0.717) is 6.54 Å². The summed E-state index contributed by atoms with van der Waals surface area (Å²) in [6.45, 7) is 0.480. The van der Waals surface area contributed by atoms with Crippen LogP contribution < -0.4 is 10.3 Å². The van der Waals surface area contributed by atoms with Gasteiger partial charge in [0.1, 0.15) is 0 Å². The summed E-state index contributed by atoms with van der Waals surface area (Å²) in [6.07, 6.45) is 1.26. The van der Waals surface area contributed by atoms with Crippen molar-refractivity contribution in [2.75, 3.05) is 18.1 Å². The molecule has 0 unspecified atom stereocenters. The number of hydrogen-bond acceptors (Lipinski definition) is 5. The highest BCUT2D eigenvalue weighted by atomic mass is 16.4. The van der Waals surface area contributed by atoms with Crippen LogP contribution in [0.15, 0.2) is 76.1 Å². The van der Waals surface area contributed by atoms with Crippen LogP contribution >= 0.6 is 0 Å². The molecular formula is C20H19NO4. The van der Waals surface area contributed by atoms with Crippen molar-refractivity contribution in [3.63, 3.8) is 0 Å². The summed E-state index contributed by atoms with van der Waals surface area (Å²) in [5.41, 5.74) is 2.58. The molecule has 5 nitrogen and oxygen atoms in total. The van der Waals surface area contributed by atoms with Crippen molar-refractivity contribution in [3.8, 4) is 16.9 Å². The van der Waals surface area contributed by atoms with Gasteiger partial charge in [0.15, 0.2) is 5.76 Å². The maximum Gasteiger partial charge on any atom is 0.226 e. The van der Waals surface area contributed by atoms with Crippen LogP contribution in [0.25, 0.3) is 11.1 Å². The lowest BCUT2D eigenvalue weighted by atomic mass is 10.1. The fourth-order valence-electron chi connectivity index (χ4n) is 2.65. The number of nitrogens with zero attached hydrogens (tertiary/aromatic N) is 1. The first-order chi connectivity index (χ1) is 12.2.